The molecule has 0 aromatic rings. The van der Waals surface area contributed by atoms with Crippen LogP contribution in [-0.2, 0) is 4.79 Å². The molecule has 0 atom stereocenters. The second-order valence-corrected chi connectivity index (χ2v) is 5.65. The molecule has 0 spiro atoms. The van der Waals surface area contributed by atoms with Crippen molar-refractivity contribution in [3.05, 3.63) is 0 Å². The molecule has 15 heavy (non-hydrogen) atoms. The molecule has 1 heterocycles. The number of carbonyl (C=O) groups excluding carboxylic acids is 1. The number of hydrogen-bond donors (Lipinski definition) is 0. The van der Waals surface area contributed by atoms with Gasteiger partial charge in [-0.1, -0.05) is 6.92 Å². The Hall–Kier alpha value is -0.370. The minimum absolute atomic E-state index is 0.263. The van der Waals surface area contributed by atoms with E-state index in [9.17, 15) is 4.79 Å². The number of hydrogen-bond acceptors (Lipinski definition) is 2. The van der Waals surface area contributed by atoms with E-state index >= 15 is 0 Å². The summed E-state index contributed by atoms with van der Waals surface area (Å²) >= 11 is 0. The Morgan fingerprint density at radius 1 is 1.27 bits per heavy atom. The summed E-state index contributed by atoms with van der Waals surface area (Å²) in [5.74, 6) is 0.842. The summed E-state index contributed by atoms with van der Waals surface area (Å²) in [6.07, 6.45) is 3.91. The van der Waals surface area contributed by atoms with Crippen LogP contribution in [-0.4, -0.2) is 29.3 Å². The Bertz CT molecular complexity index is 209. The number of ketones is 1. The first-order valence-electron chi connectivity index (χ1n) is 6.23. The smallest absolute Gasteiger partial charge is 0.136 e. The Labute approximate surface area is 94.0 Å². The van der Waals surface area contributed by atoms with Crippen LogP contribution in [0.1, 0.15) is 53.4 Å². The van der Waals surface area contributed by atoms with E-state index < -0.39 is 0 Å². The van der Waals surface area contributed by atoms with Crippen LogP contribution >= 0.6 is 0 Å². The Kier molecular flexibility index (Phi) is 4.32. The summed E-state index contributed by atoms with van der Waals surface area (Å²) in [5.41, 5.74) is 0.263. The van der Waals surface area contributed by atoms with Crippen molar-refractivity contribution in [2.75, 3.05) is 13.1 Å². The predicted octanol–water partition coefficient (Wildman–Crippen LogP) is 2.87. The van der Waals surface area contributed by atoms with E-state index in [2.05, 4.69) is 32.6 Å². The second-order valence-electron chi connectivity index (χ2n) is 5.65. The molecule has 1 saturated heterocycles. The molecular weight excluding hydrogens is 186 g/mol. The topological polar surface area (TPSA) is 20.3 Å². The van der Waals surface area contributed by atoms with Gasteiger partial charge < -0.3 is 0 Å². The molecule has 1 fully saturated rings. The van der Waals surface area contributed by atoms with E-state index in [0.29, 0.717) is 11.7 Å². The van der Waals surface area contributed by atoms with Crippen LogP contribution < -0.4 is 0 Å². The molecule has 2 nitrogen and oxygen atoms in total. The minimum Gasteiger partial charge on any atom is -0.299 e. The van der Waals surface area contributed by atoms with E-state index in [0.717, 1.165) is 38.8 Å². The predicted molar refractivity (Wildman–Crippen MR) is 64.0 cm³/mol. The number of piperidine rings is 1. The van der Waals surface area contributed by atoms with Crippen LogP contribution in [0.2, 0.25) is 0 Å². The van der Waals surface area contributed by atoms with Crippen molar-refractivity contribution >= 4 is 5.78 Å². The van der Waals surface area contributed by atoms with Crippen molar-refractivity contribution in [1.29, 1.82) is 0 Å². The Morgan fingerprint density at radius 3 is 2.20 bits per heavy atom. The summed E-state index contributed by atoms with van der Waals surface area (Å²) in [7, 11) is 0. The maximum atomic E-state index is 11.7. The SMILES string of the molecule is CCCC(=O)C1CCN(C(C)(C)C)CC1. The maximum Gasteiger partial charge on any atom is 0.136 e. The van der Waals surface area contributed by atoms with Gasteiger partial charge in [-0.3, -0.25) is 9.69 Å². The van der Waals surface area contributed by atoms with Crippen molar-refractivity contribution in [2.24, 2.45) is 5.92 Å². The Morgan fingerprint density at radius 2 is 1.80 bits per heavy atom. The molecule has 0 amide bonds. The first-order valence-corrected chi connectivity index (χ1v) is 6.23. The van der Waals surface area contributed by atoms with Gasteiger partial charge >= 0.3 is 0 Å². The lowest BCUT2D eigenvalue weighted by Crippen LogP contribution is -2.47. The van der Waals surface area contributed by atoms with Gasteiger partial charge in [-0.15, -0.1) is 0 Å². The van der Waals surface area contributed by atoms with E-state index in [-0.39, 0.29) is 5.54 Å². The third kappa shape index (κ3) is 3.60. The lowest BCUT2D eigenvalue weighted by Gasteiger charge is -2.40. The summed E-state index contributed by atoms with van der Waals surface area (Å²) in [4.78, 5) is 14.2. The lowest BCUT2D eigenvalue weighted by molar-refractivity contribution is -0.124. The van der Waals surface area contributed by atoms with Gasteiger partial charge in [0.05, 0.1) is 0 Å². The molecule has 0 bridgehead atoms. The highest BCUT2D eigenvalue weighted by molar-refractivity contribution is 5.81. The van der Waals surface area contributed by atoms with E-state index in [1.54, 1.807) is 0 Å². The zero-order chi connectivity index (χ0) is 11.5. The van der Waals surface area contributed by atoms with Crippen LogP contribution in [0.4, 0.5) is 0 Å². The summed E-state index contributed by atoms with van der Waals surface area (Å²) in [5, 5.41) is 0. The zero-order valence-corrected chi connectivity index (χ0v) is 10.7. The highest BCUT2D eigenvalue weighted by Crippen LogP contribution is 2.25. The van der Waals surface area contributed by atoms with Gasteiger partial charge in [0, 0.05) is 17.9 Å². The van der Waals surface area contributed by atoms with Crippen molar-refractivity contribution < 1.29 is 4.79 Å². The van der Waals surface area contributed by atoms with Crippen LogP contribution in [0.25, 0.3) is 0 Å². The molecule has 88 valence electrons. The fourth-order valence-electron chi connectivity index (χ4n) is 2.32. The largest absolute Gasteiger partial charge is 0.299 e. The molecular formula is C13H25NO. The van der Waals surface area contributed by atoms with Gasteiger partial charge in [0.1, 0.15) is 5.78 Å². The van der Waals surface area contributed by atoms with E-state index in [1.807, 2.05) is 0 Å². The van der Waals surface area contributed by atoms with E-state index in [4.69, 9.17) is 0 Å². The third-order valence-corrected chi connectivity index (χ3v) is 3.40. The van der Waals surface area contributed by atoms with E-state index in [1.165, 1.54) is 0 Å². The normalized spacial score (nSPS) is 20.5. The molecule has 1 rings (SSSR count). The minimum atomic E-state index is 0.263. The molecule has 1 aliphatic rings. The summed E-state index contributed by atoms with van der Waals surface area (Å²) < 4.78 is 0. The van der Waals surface area contributed by atoms with Crippen molar-refractivity contribution in [2.45, 2.75) is 58.9 Å². The summed E-state index contributed by atoms with van der Waals surface area (Å²) in [6.45, 7) is 11.0. The summed E-state index contributed by atoms with van der Waals surface area (Å²) in [6, 6.07) is 0. The van der Waals surface area contributed by atoms with Gasteiger partial charge in [0.2, 0.25) is 0 Å². The first kappa shape index (κ1) is 12.7. The molecule has 0 aromatic carbocycles. The number of rotatable bonds is 3. The molecule has 0 unspecified atom stereocenters. The molecule has 2 heteroatoms. The molecule has 0 radical (unpaired) electrons. The van der Waals surface area contributed by atoms with Gasteiger partial charge in [0.15, 0.2) is 0 Å². The van der Waals surface area contributed by atoms with Crippen molar-refractivity contribution in [3.63, 3.8) is 0 Å². The third-order valence-electron chi connectivity index (χ3n) is 3.40. The molecule has 0 aliphatic carbocycles. The molecule has 1 aliphatic heterocycles. The monoisotopic (exact) mass is 211 g/mol. The maximum absolute atomic E-state index is 11.7. The van der Waals surface area contributed by atoms with Crippen LogP contribution in [0.15, 0.2) is 0 Å². The lowest BCUT2D eigenvalue weighted by atomic mass is 9.88. The second kappa shape index (κ2) is 5.11. The van der Waals surface area contributed by atoms with Crippen LogP contribution in [0, 0.1) is 5.92 Å². The zero-order valence-electron chi connectivity index (χ0n) is 10.7. The van der Waals surface area contributed by atoms with Crippen molar-refractivity contribution in [1.82, 2.24) is 4.90 Å². The fourth-order valence-corrected chi connectivity index (χ4v) is 2.32. The first-order chi connectivity index (χ1) is 6.95. The van der Waals surface area contributed by atoms with Crippen molar-refractivity contribution in [3.8, 4) is 0 Å². The van der Waals surface area contributed by atoms with Gasteiger partial charge in [0.25, 0.3) is 0 Å². The number of Topliss-reactive ketones (excluding diaryl/α,β-unsaturated/α-hetero) is 1. The Balaban J connectivity index is 2.39. The molecule has 0 N–H and O–H groups in total. The number of carbonyl (C=O) groups is 1. The highest BCUT2D eigenvalue weighted by Gasteiger charge is 2.29. The highest BCUT2D eigenvalue weighted by atomic mass is 16.1. The molecule has 0 aromatic heterocycles. The van der Waals surface area contributed by atoms with Gasteiger partial charge in [-0.25, -0.2) is 0 Å². The van der Waals surface area contributed by atoms with Gasteiger partial charge in [-0.05, 0) is 53.1 Å². The van der Waals surface area contributed by atoms with Crippen LogP contribution in [0.5, 0.6) is 0 Å². The number of likely N-dealkylation sites (tertiary alicyclic amines) is 1. The quantitative estimate of drug-likeness (QED) is 0.715. The average molecular weight is 211 g/mol. The van der Waals surface area contributed by atoms with Gasteiger partial charge in [-0.2, -0.15) is 0 Å². The standard InChI is InChI=1S/C13H25NO/c1-5-6-12(15)11-7-9-14(10-8-11)13(2,3)4/h11H,5-10H2,1-4H3. The average Bonchev–Trinajstić information content (AvgIpc) is 2.17. The van der Waals surface area contributed by atoms with Crippen LogP contribution in [0.3, 0.4) is 0 Å². The number of nitrogens with zero attached hydrogens (tertiary/aromatic N) is 1. The fraction of sp³-hybridized carbons (Fsp3) is 0.923. The molecule has 0 saturated carbocycles.